The smallest absolute Gasteiger partial charge is 0.341 e. The second kappa shape index (κ2) is 7.77. The topological polar surface area (TPSA) is 80.8 Å². The van der Waals surface area contributed by atoms with E-state index in [1.54, 1.807) is 28.1 Å². The zero-order valence-corrected chi connectivity index (χ0v) is 18.1. The summed E-state index contributed by atoms with van der Waals surface area (Å²) in [5.74, 6) is -0.416. The molecule has 10 heteroatoms. The highest BCUT2D eigenvalue weighted by Crippen LogP contribution is 2.32. The van der Waals surface area contributed by atoms with Crippen LogP contribution in [-0.4, -0.2) is 60.7 Å². The molecule has 2 aliphatic rings. The Balaban J connectivity index is 1.24. The van der Waals surface area contributed by atoms with Crippen LogP contribution in [0.2, 0.25) is 0 Å². The van der Waals surface area contributed by atoms with E-state index < -0.39 is 5.82 Å². The molecule has 9 nitrogen and oxygen atoms in total. The third-order valence-electron chi connectivity index (χ3n) is 5.86. The number of amides is 2. The Hall–Kier alpha value is -3.69. The molecule has 0 spiro atoms. The van der Waals surface area contributed by atoms with Crippen LogP contribution in [0, 0.1) is 12.7 Å². The highest BCUT2D eigenvalue weighted by Gasteiger charge is 2.39. The molecule has 1 unspecified atom stereocenters. The minimum absolute atomic E-state index is 0.106. The second-order valence-corrected chi connectivity index (χ2v) is 8.23. The summed E-state index contributed by atoms with van der Waals surface area (Å²) in [6, 6.07) is 3.30. The lowest BCUT2D eigenvalue weighted by atomic mass is 10.1. The number of hydrogen-bond acceptors (Lipinski definition) is 5. The summed E-state index contributed by atoms with van der Waals surface area (Å²) < 4.78 is 23.9. The van der Waals surface area contributed by atoms with E-state index in [1.165, 1.54) is 5.01 Å². The van der Waals surface area contributed by atoms with Gasteiger partial charge in [0.15, 0.2) is 11.6 Å². The first kappa shape index (κ1) is 20.2. The van der Waals surface area contributed by atoms with Crippen molar-refractivity contribution in [3.05, 3.63) is 53.9 Å². The molecule has 32 heavy (non-hydrogen) atoms. The van der Waals surface area contributed by atoms with Crippen LogP contribution in [0.1, 0.15) is 23.6 Å². The number of aryl methyl sites for hydroxylation is 3. The van der Waals surface area contributed by atoms with Gasteiger partial charge < -0.3 is 14.2 Å². The van der Waals surface area contributed by atoms with E-state index in [1.807, 2.05) is 44.0 Å². The van der Waals surface area contributed by atoms with Gasteiger partial charge in [0, 0.05) is 45.2 Å². The van der Waals surface area contributed by atoms with Gasteiger partial charge in [-0.2, -0.15) is 10.2 Å². The van der Waals surface area contributed by atoms with Crippen LogP contribution in [0.15, 0.2) is 42.0 Å². The van der Waals surface area contributed by atoms with Crippen molar-refractivity contribution in [2.45, 2.75) is 25.5 Å². The van der Waals surface area contributed by atoms with E-state index in [-0.39, 0.29) is 23.9 Å². The van der Waals surface area contributed by atoms with Crippen molar-refractivity contribution >= 4 is 12.2 Å². The van der Waals surface area contributed by atoms with Gasteiger partial charge in [-0.3, -0.25) is 9.67 Å². The molecule has 0 aliphatic carbocycles. The van der Waals surface area contributed by atoms with E-state index in [4.69, 9.17) is 4.74 Å². The van der Waals surface area contributed by atoms with Crippen molar-refractivity contribution in [2.75, 3.05) is 13.1 Å². The molecule has 2 aliphatic heterocycles. The number of hydrogen-bond donors (Lipinski definition) is 0. The molecule has 0 bridgehead atoms. The highest BCUT2D eigenvalue weighted by atomic mass is 19.1. The molecule has 1 saturated heterocycles. The summed E-state index contributed by atoms with van der Waals surface area (Å²) in [4.78, 5) is 18.8. The molecular weight excluding hydrogens is 413 g/mol. The fourth-order valence-corrected chi connectivity index (χ4v) is 4.15. The quantitative estimate of drug-likeness (QED) is 0.629. The number of urea groups is 1. The van der Waals surface area contributed by atoms with Gasteiger partial charge in [-0.25, -0.2) is 14.2 Å². The first-order valence-corrected chi connectivity index (χ1v) is 10.4. The van der Waals surface area contributed by atoms with E-state index in [0.717, 1.165) is 23.0 Å². The van der Waals surface area contributed by atoms with Crippen LogP contribution in [0.5, 0.6) is 5.75 Å². The molecule has 5 heterocycles. The number of ether oxygens (including phenoxy) is 1. The van der Waals surface area contributed by atoms with Crippen molar-refractivity contribution in [3.8, 4) is 17.1 Å². The van der Waals surface area contributed by atoms with E-state index >= 15 is 0 Å². The number of carbonyl (C=O) groups excluding carboxylic acids is 1. The van der Waals surface area contributed by atoms with Crippen molar-refractivity contribution in [3.63, 3.8) is 0 Å². The van der Waals surface area contributed by atoms with Gasteiger partial charge in [-0.1, -0.05) is 0 Å². The third kappa shape index (κ3) is 3.51. The minimum atomic E-state index is -0.536. The first-order valence-electron chi connectivity index (χ1n) is 10.4. The van der Waals surface area contributed by atoms with Crippen molar-refractivity contribution in [2.24, 2.45) is 19.2 Å². The van der Waals surface area contributed by atoms with Gasteiger partial charge in [0.25, 0.3) is 0 Å². The van der Waals surface area contributed by atoms with Gasteiger partial charge in [0.2, 0.25) is 0 Å². The van der Waals surface area contributed by atoms with E-state index in [2.05, 4.69) is 15.2 Å². The summed E-state index contributed by atoms with van der Waals surface area (Å²) in [6.45, 7) is 2.66. The van der Waals surface area contributed by atoms with Gasteiger partial charge >= 0.3 is 6.03 Å². The number of hydrazone groups is 1. The van der Waals surface area contributed by atoms with Gasteiger partial charge in [-0.15, -0.1) is 0 Å². The molecule has 0 radical (unpaired) electrons. The number of likely N-dealkylation sites (tertiary alicyclic amines) is 1. The van der Waals surface area contributed by atoms with Crippen molar-refractivity contribution in [1.82, 2.24) is 29.2 Å². The van der Waals surface area contributed by atoms with Crippen LogP contribution in [0.4, 0.5) is 9.18 Å². The van der Waals surface area contributed by atoms with Gasteiger partial charge in [-0.05, 0) is 24.1 Å². The number of aromatic nitrogens is 4. The molecule has 3 aromatic heterocycles. The van der Waals surface area contributed by atoms with E-state index in [0.29, 0.717) is 25.2 Å². The average molecular weight is 437 g/mol. The Bertz CT molecular complexity index is 1180. The van der Waals surface area contributed by atoms with Crippen molar-refractivity contribution < 1.29 is 13.9 Å². The number of halogens is 1. The van der Waals surface area contributed by atoms with Crippen LogP contribution < -0.4 is 4.74 Å². The van der Waals surface area contributed by atoms with Gasteiger partial charge in [0.05, 0.1) is 42.9 Å². The number of nitrogens with zero attached hydrogens (tertiary/aromatic N) is 7. The Kier molecular flexibility index (Phi) is 4.91. The predicted molar refractivity (Wildman–Crippen MR) is 116 cm³/mol. The maximum Gasteiger partial charge on any atom is 0.341 e. The highest BCUT2D eigenvalue weighted by molar-refractivity contribution is 5.79. The molecule has 1 atom stereocenters. The van der Waals surface area contributed by atoms with Gasteiger partial charge in [0.1, 0.15) is 6.10 Å². The predicted octanol–water partition coefficient (Wildman–Crippen LogP) is 2.88. The second-order valence-electron chi connectivity index (χ2n) is 8.23. The zero-order chi connectivity index (χ0) is 22.4. The summed E-state index contributed by atoms with van der Waals surface area (Å²) in [6.07, 6.45) is 8.99. The minimum Gasteiger partial charge on any atom is -0.483 e. The summed E-state index contributed by atoms with van der Waals surface area (Å²) in [7, 11) is 3.76. The Labute approximate surface area is 184 Å². The normalized spacial score (nSPS) is 18.3. The molecule has 0 N–H and O–H groups in total. The maximum atomic E-state index is 14.4. The van der Waals surface area contributed by atoms with Crippen LogP contribution in [0.25, 0.3) is 11.4 Å². The monoisotopic (exact) mass is 437 g/mol. The third-order valence-corrected chi connectivity index (χ3v) is 5.86. The molecule has 5 rings (SSSR count). The summed E-state index contributed by atoms with van der Waals surface area (Å²) in [5.41, 5.74) is 3.38. The molecule has 2 amide bonds. The zero-order valence-electron chi connectivity index (χ0n) is 18.1. The first-order chi connectivity index (χ1) is 15.4. The van der Waals surface area contributed by atoms with Crippen LogP contribution in [-0.2, 0) is 14.1 Å². The Morgan fingerprint density at radius 3 is 2.75 bits per heavy atom. The number of carbonyl (C=O) groups is 1. The van der Waals surface area contributed by atoms with Crippen LogP contribution >= 0.6 is 0 Å². The molecule has 3 aromatic rings. The number of rotatable bonds is 4. The fraction of sp³-hybridized carbons (Fsp3) is 0.364. The molecule has 1 fully saturated rings. The molecular formula is C22H24FN7O2. The molecule has 0 saturated carbocycles. The van der Waals surface area contributed by atoms with Crippen molar-refractivity contribution in [1.29, 1.82) is 0 Å². The molecule has 0 aromatic carbocycles. The molecule has 166 valence electrons. The Morgan fingerprint density at radius 1 is 1.25 bits per heavy atom. The Morgan fingerprint density at radius 2 is 2.06 bits per heavy atom. The van der Waals surface area contributed by atoms with E-state index in [9.17, 15) is 9.18 Å². The lowest BCUT2D eigenvalue weighted by Crippen LogP contribution is -2.58. The number of pyridine rings is 1. The lowest BCUT2D eigenvalue weighted by Gasteiger charge is -2.40. The van der Waals surface area contributed by atoms with Crippen LogP contribution in [0.3, 0.4) is 0 Å². The largest absolute Gasteiger partial charge is 0.483 e. The summed E-state index contributed by atoms with van der Waals surface area (Å²) in [5, 5.41) is 10.0. The standard InChI is InChI=1S/C22H24FN7O2/c1-14-9-26-28(3)21(14)18-8-20(17(23)10-24-18)32-16-12-29(13-16)22(31)30-19(4-6-25-30)15-5-7-27(2)11-15/h5-11,16,19H,4,12-13H2,1-3H3. The maximum absolute atomic E-state index is 14.4. The lowest BCUT2D eigenvalue weighted by molar-refractivity contribution is 0.0257. The fourth-order valence-electron chi connectivity index (χ4n) is 4.15. The summed E-state index contributed by atoms with van der Waals surface area (Å²) >= 11 is 0. The SMILES string of the molecule is Cc1cnn(C)c1-c1cc(OC2CN(C(=O)N3N=CCC3c3ccn(C)c3)C2)c(F)cn1. The average Bonchev–Trinajstić information content (AvgIpc) is 3.46.